The molecule has 0 spiro atoms. The van der Waals surface area contributed by atoms with Crippen LogP contribution in [0, 0.1) is 5.92 Å². The van der Waals surface area contributed by atoms with Crippen molar-refractivity contribution in [1.29, 1.82) is 0 Å². The molecule has 0 amide bonds. The molecule has 3 atom stereocenters. The Morgan fingerprint density at radius 1 is 1.10 bits per heavy atom. The number of rotatable bonds is 6. The van der Waals surface area contributed by atoms with Crippen LogP contribution in [-0.2, 0) is 0 Å². The maximum atomic E-state index is 5.86. The van der Waals surface area contributed by atoms with Crippen LogP contribution in [0.2, 0.25) is 0 Å². The van der Waals surface area contributed by atoms with Crippen molar-refractivity contribution in [3.8, 4) is 0 Å². The summed E-state index contributed by atoms with van der Waals surface area (Å²) in [6, 6.07) is 14.7. The molecule has 3 N–H and O–H groups in total. The van der Waals surface area contributed by atoms with Gasteiger partial charge in [-0.25, -0.2) is 0 Å². The fourth-order valence-electron chi connectivity index (χ4n) is 2.75. The number of nitrogens with zero attached hydrogens (tertiary/aromatic N) is 1. The van der Waals surface area contributed by atoms with Gasteiger partial charge in [-0.15, -0.1) is 0 Å². The summed E-state index contributed by atoms with van der Waals surface area (Å²) in [6.07, 6.45) is 4.79. The van der Waals surface area contributed by atoms with E-state index in [2.05, 4.69) is 54.6 Å². The summed E-state index contributed by atoms with van der Waals surface area (Å²) < 4.78 is 0. The summed E-state index contributed by atoms with van der Waals surface area (Å²) in [5, 5.41) is 0. The third-order valence-electron chi connectivity index (χ3n) is 4.02. The van der Waals surface area contributed by atoms with E-state index in [0.29, 0.717) is 11.8 Å². The highest BCUT2D eigenvalue weighted by molar-refractivity contribution is 5.27. The fraction of sp³-hybridized carbons (Fsp3) is 0.353. The Morgan fingerprint density at radius 2 is 1.80 bits per heavy atom. The van der Waals surface area contributed by atoms with Gasteiger partial charge in [0.25, 0.3) is 0 Å². The standard InChI is InChI=1S/C17H23N3/c1-3-13(2)16(14-8-5-4-6-9-14)17(20-18)15-10-7-11-19-12-15/h4-13,16-17,20H,3,18H2,1-2H3. The molecule has 20 heavy (non-hydrogen) atoms. The van der Waals surface area contributed by atoms with Crippen LogP contribution >= 0.6 is 0 Å². The Kier molecular flexibility index (Phi) is 5.27. The van der Waals surface area contributed by atoms with Gasteiger partial charge in [-0.05, 0) is 23.1 Å². The van der Waals surface area contributed by atoms with Crippen LogP contribution in [0.4, 0.5) is 0 Å². The number of hydrazine groups is 1. The highest BCUT2D eigenvalue weighted by Crippen LogP contribution is 2.37. The van der Waals surface area contributed by atoms with E-state index >= 15 is 0 Å². The minimum absolute atomic E-state index is 0.0704. The van der Waals surface area contributed by atoms with E-state index < -0.39 is 0 Å². The Hall–Kier alpha value is -1.71. The zero-order valence-electron chi connectivity index (χ0n) is 12.2. The molecule has 0 aliphatic carbocycles. The lowest BCUT2D eigenvalue weighted by Crippen LogP contribution is -2.35. The van der Waals surface area contributed by atoms with Crippen LogP contribution in [0.25, 0.3) is 0 Å². The van der Waals surface area contributed by atoms with Gasteiger partial charge < -0.3 is 0 Å². The van der Waals surface area contributed by atoms with Crippen LogP contribution < -0.4 is 11.3 Å². The monoisotopic (exact) mass is 269 g/mol. The van der Waals surface area contributed by atoms with Crippen molar-refractivity contribution in [2.45, 2.75) is 32.2 Å². The van der Waals surface area contributed by atoms with E-state index in [4.69, 9.17) is 5.84 Å². The molecule has 0 fully saturated rings. The normalized spacial score (nSPS) is 15.6. The second-order valence-corrected chi connectivity index (χ2v) is 5.25. The second kappa shape index (κ2) is 7.17. The lowest BCUT2D eigenvalue weighted by molar-refractivity contribution is 0.343. The van der Waals surface area contributed by atoms with Gasteiger partial charge in [-0.2, -0.15) is 0 Å². The average molecular weight is 269 g/mol. The molecule has 0 bridgehead atoms. The average Bonchev–Trinajstić information content (AvgIpc) is 2.53. The molecule has 0 aliphatic rings. The van der Waals surface area contributed by atoms with Crippen LogP contribution in [0.5, 0.6) is 0 Å². The molecule has 106 valence electrons. The van der Waals surface area contributed by atoms with Crippen molar-refractivity contribution in [2.75, 3.05) is 0 Å². The zero-order valence-corrected chi connectivity index (χ0v) is 12.2. The number of hydrogen-bond donors (Lipinski definition) is 2. The summed E-state index contributed by atoms with van der Waals surface area (Å²) in [5.74, 6) is 6.71. The molecular weight excluding hydrogens is 246 g/mol. The molecule has 1 aromatic heterocycles. The molecule has 1 aromatic carbocycles. The van der Waals surface area contributed by atoms with Gasteiger partial charge in [-0.1, -0.05) is 56.7 Å². The largest absolute Gasteiger partial charge is 0.271 e. The predicted octanol–water partition coefficient (Wildman–Crippen LogP) is 3.42. The first-order valence-corrected chi connectivity index (χ1v) is 7.19. The van der Waals surface area contributed by atoms with E-state index in [0.717, 1.165) is 12.0 Å². The Balaban J connectivity index is 2.39. The zero-order chi connectivity index (χ0) is 14.4. The van der Waals surface area contributed by atoms with Crippen molar-refractivity contribution in [2.24, 2.45) is 11.8 Å². The van der Waals surface area contributed by atoms with E-state index in [9.17, 15) is 0 Å². The van der Waals surface area contributed by atoms with Crippen molar-refractivity contribution in [1.82, 2.24) is 10.4 Å². The van der Waals surface area contributed by atoms with E-state index in [1.54, 1.807) is 6.20 Å². The lowest BCUT2D eigenvalue weighted by Gasteiger charge is -2.31. The van der Waals surface area contributed by atoms with Crippen molar-refractivity contribution < 1.29 is 0 Å². The summed E-state index contributed by atoms with van der Waals surface area (Å²) in [4.78, 5) is 4.22. The third kappa shape index (κ3) is 3.24. The molecule has 1 heterocycles. The van der Waals surface area contributed by atoms with Gasteiger partial charge >= 0.3 is 0 Å². The molecule has 0 radical (unpaired) electrons. The molecule has 0 saturated carbocycles. The van der Waals surface area contributed by atoms with Crippen LogP contribution in [0.3, 0.4) is 0 Å². The van der Waals surface area contributed by atoms with Crippen molar-refractivity contribution >= 4 is 0 Å². The van der Waals surface area contributed by atoms with E-state index in [1.165, 1.54) is 5.56 Å². The molecule has 3 nitrogen and oxygen atoms in total. The minimum Gasteiger partial charge on any atom is -0.271 e. The van der Waals surface area contributed by atoms with Gasteiger partial charge in [0, 0.05) is 18.3 Å². The highest BCUT2D eigenvalue weighted by Gasteiger charge is 2.28. The summed E-state index contributed by atoms with van der Waals surface area (Å²) >= 11 is 0. The number of hydrogen-bond acceptors (Lipinski definition) is 3. The van der Waals surface area contributed by atoms with Gasteiger partial charge in [0.1, 0.15) is 0 Å². The predicted molar refractivity (Wildman–Crippen MR) is 82.9 cm³/mol. The number of nitrogens with two attached hydrogens (primary N) is 1. The highest BCUT2D eigenvalue weighted by atomic mass is 15.2. The number of aromatic nitrogens is 1. The van der Waals surface area contributed by atoms with Crippen molar-refractivity contribution in [3.05, 3.63) is 66.0 Å². The smallest absolute Gasteiger partial charge is 0.0546 e. The summed E-state index contributed by atoms with van der Waals surface area (Å²) in [6.45, 7) is 4.50. The summed E-state index contributed by atoms with van der Waals surface area (Å²) in [7, 11) is 0. The van der Waals surface area contributed by atoms with Crippen LogP contribution in [0.1, 0.15) is 43.4 Å². The SMILES string of the molecule is CCC(C)C(c1ccccc1)C(NN)c1cccnc1. The van der Waals surface area contributed by atoms with Crippen molar-refractivity contribution in [3.63, 3.8) is 0 Å². The molecule has 3 heteroatoms. The maximum Gasteiger partial charge on any atom is 0.0546 e. The molecular formula is C17H23N3. The minimum atomic E-state index is 0.0704. The van der Waals surface area contributed by atoms with Gasteiger partial charge in [0.15, 0.2) is 0 Å². The molecule has 2 rings (SSSR count). The maximum absolute atomic E-state index is 5.86. The van der Waals surface area contributed by atoms with Gasteiger partial charge in [0.05, 0.1) is 6.04 Å². The van der Waals surface area contributed by atoms with Gasteiger partial charge in [0.2, 0.25) is 0 Å². The molecule has 0 saturated heterocycles. The molecule has 2 aromatic rings. The first-order chi connectivity index (χ1) is 9.77. The van der Waals surface area contributed by atoms with Gasteiger partial charge in [-0.3, -0.25) is 16.3 Å². The lowest BCUT2D eigenvalue weighted by atomic mass is 9.78. The van der Waals surface area contributed by atoms with E-state index in [-0.39, 0.29) is 6.04 Å². The van der Waals surface area contributed by atoms with E-state index in [1.807, 2.05) is 18.3 Å². The fourth-order valence-corrected chi connectivity index (χ4v) is 2.75. The third-order valence-corrected chi connectivity index (χ3v) is 4.02. The summed E-state index contributed by atoms with van der Waals surface area (Å²) in [5.41, 5.74) is 5.43. The van der Waals surface area contributed by atoms with Crippen LogP contribution in [-0.4, -0.2) is 4.98 Å². The Morgan fingerprint density at radius 3 is 2.35 bits per heavy atom. The Bertz CT molecular complexity index is 498. The molecule has 0 aliphatic heterocycles. The first kappa shape index (κ1) is 14.7. The first-order valence-electron chi connectivity index (χ1n) is 7.19. The topological polar surface area (TPSA) is 50.9 Å². The number of pyridine rings is 1. The number of nitrogens with one attached hydrogen (secondary N) is 1. The van der Waals surface area contributed by atoms with Crippen LogP contribution in [0.15, 0.2) is 54.9 Å². The molecule has 3 unspecified atom stereocenters. The second-order valence-electron chi connectivity index (χ2n) is 5.25. The quantitative estimate of drug-likeness (QED) is 0.624. The number of benzene rings is 1. The Labute approximate surface area is 121 Å².